The Morgan fingerprint density at radius 1 is 1.50 bits per heavy atom. The van der Waals surface area contributed by atoms with Gasteiger partial charge in [-0.15, -0.1) is 0 Å². The Morgan fingerprint density at radius 3 is 2.75 bits per heavy atom. The molecule has 0 amide bonds. The van der Waals surface area contributed by atoms with Crippen molar-refractivity contribution in [1.82, 2.24) is 0 Å². The molecule has 0 atom stereocenters. The van der Waals surface area contributed by atoms with Crippen LogP contribution in [0.4, 0.5) is 0 Å². The maximum atomic E-state index is 8.48. The molecule has 3 heteroatoms. The van der Waals surface area contributed by atoms with Crippen LogP contribution in [-0.4, -0.2) is 12.8 Å². The number of benzene rings is 1. The van der Waals surface area contributed by atoms with Gasteiger partial charge in [0.05, 0.1) is 12.7 Å². The number of hydrogen-bond donors (Lipinski definition) is 1. The van der Waals surface area contributed by atoms with Gasteiger partial charge in [0.1, 0.15) is 17.5 Å². The van der Waals surface area contributed by atoms with Crippen LogP contribution in [0.1, 0.15) is 5.56 Å². The van der Waals surface area contributed by atoms with E-state index < -0.39 is 0 Å². The quantitative estimate of drug-likeness (QED) is 0.668. The monoisotopic (exact) mass is 160 g/mol. The highest BCUT2D eigenvalue weighted by atomic mass is 16.5. The number of hydrogen-bond acceptors (Lipinski definition) is 3. The minimum Gasteiger partial charge on any atom is -0.496 e. The zero-order valence-electron chi connectivity index (χ0n) is 6.66. The normalized spacial score (nSPS) is 8.67. The number of ether oxygens (including phenoxy) is 1. The van der Waals surface area contributed by atoms with Gasteiger partial charge in [-0.2, -0.15) is 5.26 Å². The van der Waals surface area contributed by atoms with Crippen LogP contribution in [0.15, 0.2) is 24.3 Å². The van der Waals surface area contributed by atoms with Gasteiger partial charge in [0.25, 0.3) is 0 Å². The van der Waals surface area contributed by atoms with Crippen LogP contribution in [0.5, 0.6) is 5.75 Å². The van der Waals surface area contributed by atoms with Crippen LogP contribution in [0, 0.1) is 16.7 Å². The van der Waals surface area contributed by atoms with Crippen molar-refractivity contribution in [1.29, 1.82) is 10.7 Å². The fourth-order valence-electron chi connectivity index (χ4n) is 0.911. The lowest BCUT2D eigenvalue weighted by molar-refractivity contribution is 0.414. The Bertz CT molecular complexity index is 339. The van der Waals surface area contributed by atoms with E-state index in [4.69, 9.17) is 15.4 Å². The summed E-state index contributed by atoms with van der Waals surface area (Å²) in [5.74, 6) is 0.559. The van der Waals surface area contributed by atoms with Gasteiger partial charge >= 0.3 is 0 Å². The zero-order valence-corrected chi connectivity index (χ0v) is 6.66. The topological polar surface area (TPSA) is 56.9 Å². The predicted molar refractivity (Wildman–Crippen MR) is 45.4 cm³/mol. The van der Waals surface area contributed by atoms with Crippen molar-refractivity contribution in [3.8, 4) is 11.8 Å². The van der Waals surface area contributed by atoms with Crippen molar-refractivity contribution in [2.24, 2.45) is 0 Å². The van der Waals surface area contributed by atoms with E-state index in [1.165, 1.54) is 7.11 Å². The van der Waals surface area contributed by atoms with E-state index in [1.54, 1.807) is 30.3 Å². The van der Waals surface area contributed by atoms with Crippen molar-refractivity contribution in [3.63, 3.8) is 0 Å². The van der Waals surface area contributed by atoms with Crippen molar-refractivity contribution >= 4 is 5.71 Å². The van der Waals surface area contributed by atoms with Gasteiger partial charge in [0.15, 0.2) is 0 Å². The van der Waals surface area contributed by atoms with E-state index in [0.29, 0.717) is 11.3 Å². The van der Waals surface area contributed by atoms with E-state index >= 15 is 0 Å². The summed E-state index contributed by atoms with van der Waals surface area (Å²) in [6.45, 7) is 0. The molecule has 0 heterocycles. The first-order valence-corrected chi connectivity index (χ1v) is 3.41. The molecule has 0 bridgehead atoms. The minimum absolute atomic E-state index is 0.0764. The number of rotatable bonds is 2. The molecule has 12 heavy (non-hydrogen) atoms. The molecule has 0 aliphatic rings. The standard InChI is InChI=1S/C9H8N2O/c1-12-9-5-3-2-4-7(9)8(11)6-10/h2-5,11H,1H3. The third-order valence-electron chi connectivity index (χ3n) is 1.49. The third kappa shape index (κ3) is 1.43. The van der Waals surface area contributed by atoms with Gasteiger partial charge in [0, 0.05) is 0 Å². The molecule has 1 rings (SSSR count). The molecule has 0 aliphatic heterocycles. The SMILES string of the molecule is COc1ccccc1C(=N)C#N. The molecule has 1 N–H and O–H groups in total. The van der Waals surface area contributed by atoms with Crippen LogP contribution >= 0.6 is 0 Å². The highest BCUT2D eigenvalue weighted by Crippen LogP contribution is 2.16. The van der Waals surface area contributed by atoms with Crippen molar-refractivity contribution in [2.75, 3.05) is 7.11 Å². The Labute approximate surface area is 70.7 Å². The van der Waals surface area contributed by atoms with Crippen molar-refractivity contribution in [2.45, 2.75) is 0 Å². The van der Waals surface area contributed by atoms with Gasteiger partial charge in [0.2, 0.25) is 0 Å². The Balaban J connectivity index is 3.15. The smallest absolute Gasteiger partial charge is 0.143 e. The summed E-state index contributed by atoms with van der Waals surface area (Å²) >= 11 is 0. The van der Waals surface area contributed by atoms with Gasteiger partial charge < -0.3 is 4.74 Å². The lowest BCUT2D eigenvalue weighted by Crippen LogP contribution is -1.98. The molecule has 0 radical (unpaired) electrons. The first-order valence-electron chi connectivity index (χ1n) is 3.41. The second-order valence-corrected chi connectivity index (χ2v) is 2.19. The number of nitrogens with one attached hydrogen (secondary N) is 1. The molecule has 0 saturated carbocycles. The summed E-state index contributed by atoms with van der Waals surface area (Å²) in [5.41, 5.74) is 0.454. The number of methoxy groups -OCH3 is 1. The number of nitrogens with zero attached hydrogens (tertiary/aromatic N) is 1. The Kier molecular flexibility index (Phi) is 2.44. The summed E-state index contributed by atoms with van der Waals surface area (Å²) in [6.07, 6.45) is 0. The van der Waals surface area contributed by atoms with Gasteiger partial charge in [-0.3, -0.25) is 5.41 Å². The van der Waals surface area contributed by atoms with E-state index in [0.717, 1.165) is 0 Å². The van der Waals surface area contributed by atoms with Gasteiger partial charge in [-0.05, 0) is 12.1 Å². The third-order valence-corrected chi connectivity index (χ3v) is 1.49. The molecule has 0 spiro atoms. The van der Waals surface area contributed by atoms with Crippen LogP contribution < -0.4 is 4.74 Å². The lowest BCUT2D eigenvalue weighted by atomic mass is 10.1. The summed E-state index contributed by atoms with van der Waals surface area (Å²) in [7, 11) is 1.52. The first-order chi connectivity index (χ1) is 5.79. The number of para-hydroxylation sites is 1. The average molecular weight is 160 g/mol. The van der Waals surface area contributed by atoms with Crippen LogP contribution in [0.3, 0.4) is 0 Å². The molecule has 0 saturated heterocycles. The molecule has 0 aromatic heterocycles. The maximum Gasteiger partial charge on any atom is 0.143 e. The molecule has 0 aliphatic carbocycles. The first kappa shape index (κ1) is 8.28. The molecular weight excluding hydrogens is 152 g/mol. The molecule has 0 fully saturated rings. The van der Waals surface area contributed by atoms with Crippen LogP contribution in [-0.2, 0) is 0 Å². The summed E-state index contributed by atoms with van der Waals surface area (Å²) in [4.78, 5) is 0. The highest BCUT2D eigenvalue weighted by Gasteiger charge is 2.05. The summed E-state index contributed by atoms with van der Waals surface area (Å²) in [5, 5.41) is 15.8. The van der Waals surface area contributed by atoms with Crippen molar-refractivity contribution in [3.05, 3.63) is 29.8 Å². The molecule has 3 nitrogen and oxygen atoms in total. The lowest BCUT2D eigenvalue weighted by Gasteiger charge is -2.03. The molecule has 1 aromatic carbocycles. The molecule has 1 aromatic rings. The molecular formula is C9H8N2O. The van der Waals surface area contributed by atoms with E-state index in [9.17, 15) is 0 Å². The highest BCUT2D eigenvalue weighted by molar-refractivity contribution is 6.11. The fourth-order valence-corrected chi connectivity index (χ4v) is 0.911. The van der Waals surface area contributed by atoms with Crippen LogP contribution in [0.25, 0.3) is 0 Å². The predicted octanol–water partition coefficient (Wildman–Crippen LogP) is 1.59. The molecule has 0 unspecified atom stereocenters. The minimum atomic E-state index is -0.0764. The molecule has 60 valence electrons. The summed E-state index contributed by atoms with van der Waals surface area (Å²) < 4.78 is 4.98. The zero-order chi connectivity index (χ0) is 8.97. The average Bonchev–Trinajstić information content (AvgIpc) is 2.16. The van der Waals surface area contributed by atoms with E-state index in [2.05, 4.69) is 0 Å². The number of nitriles is 1. The van der Waals surface area contributed by atoms with Gasteiger partial charge in [-0.1, -0.05) is 12.1 Å². The van der Waals surface area contributed by atoms with Crippen LogP contribution in [0.2, 0.25) is 0 Å². The van der Waals surface area contributed by atoms with E-state index in [1.807, 2.05) is 0 Å². The maximum absolute atomic E-state index is 8.48. The second-order valence-electron chi connectivity index (χ2n) is 2.19. The Morgan fingerprint density at radius 2 is 2.17 bits per heavy atom. The largest absolute Gasteiger partial charge is 0.496 e. The Hall–Kier alpha value is -1.82. The van der Waals surface area contributed by atoms with Crippen molar-refractivity contribution < 1.29 is 4.74 Å². The van der Waals surface area contributed by atoms with E-state index in [-0.39, 0.29) is 5.71 Å². The second kappa shape index (κ2) is 3.54. The summed E-state index contributed by atoms with van der Waals surface area (Å²) in [6, 6.07) is 8.73. The van der Waals surface area contributed by atoms with Gasteiger partial charge in [-0.25, -0.2) is 0 Å². The fraction of sp³-hybridized carbons (Fsp3) is 0.111.